The maximum atomic E-state index is 4.61. The van der Waals surface area contributed by atoms with Gasteiger partial charge in [-0.1, -0.05) is 29.8 Å². The van der Waals surface area contributed by atoms with E-state index in [9.17, 15) is 0 Å². The number of aryl methyl sites for hydroxylation is 2. The molecule has 2 N–H and O–H groups in total. The average Bonchev–Trinajstić information content (AvgIpc) is 2.89. The minimum atomic E-state index is 0. The molecule has 0 saturated carbocycles. The first kappa shape index (κ1) is 18.9. The Morgan fingerprint density at radius 1 is 1.18 bits per heavy atom. The SMILES string of the molecule is CCNC(=NCc1ccc(C)cc1)NCc1ncc(C)s1.I. The highest BCUT2D eigenvalue weighted by atomic mass is 127. The van der Waals surface area contributed by atoms with Crippen LogP contribution in [-0.2, 0) is 13.1 Å². The van der Waals surface area contributed by atoms with E-state index in [1.54, 1.807) is 11.3 Å². The van der Waals surface area contributed by atoms with Gasteiger partial charge in [0, 0.05) is 17.6 Å². The van der Waals surface area contributed by atoms with Gasteiger partial charge in [-0.05, 0) is 26.3 Å². The van der Waals surface area contributed by atoms with Crippen LogP contribution in [0.5, 0.6) is 0 Å². The third-order valence-corrected chi connectivity index (χ3v) is 3.87. The molecule has 120 valence electrons. The molecule has 0 aliphatic rings. The second-order valence-electron chi connectivity index (χ2n) is 4.90. The molecule has 6 heteroatoms. The van der Waals surface area contributed by atoms with Crippen molar-refractivity contribution < 1.29 is 0 Å². The van der Waals surface area contributed by atoms with Crippen molar-refractivity contribution >= 4 is 41.3 Å². The van der Waals surface area contributed by atoms with E-state index in [1.807, 2.05) is 6.20 Å². The number of aromatic nitrogens is 1. The number of thiazole rings is 1. The van der Waals surface area contributed by atoms with E-state index in [4.69, 9.17) is 0 Å². The van der Waals surface area contributed by atoms with Crippen LogP contribution in [-0.4, -0.2) is 17.5 Å². The lowest BCUT2D eigenvalue weighted by Gasteiger charge is -2.10. The van der Waals surface area contributed by atoms with Gasteiger partial charge >= 0.3 is 0 Å². The lowest BCUT2D eigenvalue weighted by molar-refractivity contribution is 0.811. The molecular weight excluding hydrogens is 407 g/mol. The third-order valence-electron chi connectivity index (χ3n) is 2.96. The standard InChI is InChI=1S/C16H22N4S.HI/c1-4-17-16(20-11-15-18-9-13(3)21-15)19-10-14-7-5-12(2)6-8-14;/h5-9H,4,10-11H2,1-3H3,(H2,17,19,20);1H. The summed E-state index contributed by atoms with van der Waals surface area (Å²) in [5.74, 6) is 0.825. The summed E-state index contributed by atoms with van der Waals surface area (Å²) in [5.41, 5.74) is 2.48. The summed E-state index contributed by atoms with van der Waals surface area (Å²) in [5, 5.41) is 7.65. The molecule has 0 saturated heterocycles. The highest BCUT2D eigenvalue weighted by Gasteiger charge is 2.01. The first-order valence-electron chi connectivity index (χ1n) is 7.16. The van der Waals surface area contributed by atoms with Crippen molar-refractivity contribution in [3.05, 3.63) is 51.5 Å². The lowest BCUT2D eigenvalue weighted by Crippen LogP contribution is -2.36. The molecule has 0 atom stereocenters. The van der Waals surface area contributed by atoms with E-state index in [1.165, 1.54) is 16.0 Å². The Bertz CT molecular complexity index is 592. The summed E-state index contributed by atoms with van der Waals surface area (Å²) in [4.78, 5) is 10.2. The van der Waals surface area contributed by atoms with Gasteiger partial charge in [-0.15, -0.1) is 35.3 Å². The fourth-order valence-electron chi connectivity index (χ4n) is 1.85. The van der Waals surface area contributed by atoms with Crippen molar-refractivity contribution in [2.45, 2.75) is 33.9 Å². The number of rotatable bonds is 5. The fraction of sp³-hybridized carbons (Fsp3) is 0.375. The van der Waals surface area contributed by atoms with Crippen LogP contribution in [0.4, 0.5) is 0 Å². The number of hydrogen-bond donors (Lipinski definition) is 2. The Morgan fingerprint density at radius 2 is 1.91 bits per heavy atom. The molecule has 0 spiro atoms. The number of guanidine groups is 1. The van der Waals surface area contributed by atoms with Gasteiger partial charge < -0.3 is 10.6 Å². The van der Waals surface area contributed by atoms with Crippen molar-refractivity contribution in [2.24, 2.45) is 4.99 Å². The molecule has 0 unspecified atom stereocenters. The van der Waals surface area contributed by atoms with Gasteiger partial charge in [0.1, 0.15) is 5.01 Å². The minimum absolute atomic E-state index is 0. The molecule has 0 aliphatic carbocycles. The van der Waals surface area contributed by atoms with Gasteiger partial charge in [0.05, 0.1) is 13.1 Å². The number of nitrogens with zero attached hydrogens (tertiary/aromatic N) is 2. The molecular formula is C16H23IN4S. The minimum Gasteiger partial charge on any atom is -0.357 e. The van der Waals surface area contributed by atoms with E-state index in [2.05, 4.69) is 65.6 Å². The zero-order valence-electron chi connectivity index (χ0n) is 13.2. The normalized spacial score (nSPS) is 11.0. The second-order valence-corrected chi connectivity index (χ2v) is 6.22. The number of nitrogens with one attached hydrogen (secondary N) is 2. The topological polar surface area (TPSA) is 49.3 Å². The van der Waals surface area contributed by atoms with Gasteiger partial charge in [0.25, 0.3) is 0 Å². The number of hydrogen-bond acceptors (Lipinski definition) is 3. The van der Waals surface area contributed by atoms with Gasteiger partial charge in [-0.2, -0.15) is 0 Å². The van der Waals surface area contributed by atoms with Gasteiger partial charge in [-0.25, -0.2) is 9.98 Å². The first-order valence-corrected chi connectivity index (χ1v) is 7.98. The van der Waals surface area contributed by atoms with Crippen molar-refractivity contribution in [1.29, 1.82) is 0 Å². The summed E-state index contributed by atoms with van der Waals surface area (Å²) >= 11 is 1.71. The summed E-state index contributed by atoms with van der Waals surface area (Å²) in [6, 6.07) is 8.46. The van der Waals surface area contributed by atoms with Crippen molar-refractivity contribution in [3.8, 4) is 0 Å². The molecule has 2 aromatic rings. The van der Waals surface area contributed by atoms with E-state index >= 15 is 0 Å². The van der Waals surface area contributed by atoms with Crippen molar-refractivity contribution in [3.63, 3.8) is 0 Å². The van der Waals surface area contributed by atoms with Gasteiger partial charge in [0.15, 0.2) is 5.96 Å². The average molecular weight is 430 g/mol. The van der Waals surface area contributed by atoms with Crippen LogP contribution in [0.25, 0.3) is 0 Å². The Hall–Kier alpha value is -1.15. The van der Waals surface area contributed by atoms with Crippen LogP contribution in [0.1, 0.15) is 27.9 Å². The van der Waals surface area contributed by atoms with Crippen molar-refractivity contribution in [2.75, 3.05) is 6.54 Å². The molecule has 0 bridgehead atoms. The lowest BCUT2D eigenvalue weighted by atomic mass is 10.1. The molecule has 22 heavy (non-hydrogen) atoms. The summed E-state index contributed by atoms with van der Waals surface area (Å²) < 4.78 is 0. The largest absolute Gasteiger partial charge is 0.357 e. The quantitative estimate of drug-likeness (QED) is 0.433. The molecule has 1 heterocycles. The molecule has 2 rings (SSSR count). The molecule has 0 amide bonds. The van der Waals surface area contributed by atoms with Gasteiger partial charge in [0.2, 0.25) is 0 Å². The van der Waals surface area contributed by atoms with Crippen LogP contribution in [0.2, 0.25) is 0 Å². The molecule has 0 aliphatic heterocycles. The van der Waals surface area contributed by atoms with E-state index in [-0.39, 0.29) is 24.0 Å². The van der Waals surface area contributed by atoms with Crippen LogP contribution >= 0.6 is 35.3 Å². The Morgan fingerprint density at radius 3 is 2.50 bits per heavy atom. The highest BCUT2D eigenvalue weighted by molar-refractivity contribution is 14.0. The predicted octanol–water partition coefficient (Wildman–Crippen LogP) is 3.63. The molecule has 1 aromatic heterocycles. The second kappa shape index (κ2) is 9.78. The summed E-state index contributed by atoms with van der Waals surface area (Å²) in [6.45, 7) is 8.45. The van der Waals surface area contributed by atoms with E-state index in [0.29, 0.717) is 13.1 Å². The maximum Gasteiger partial charge on any atom is 0.191 e. The molecule has 4 nitrogen and oxygen atoms in total. The number of benzene rings is 1. The predicted molar refractivity (Wildman–Crippen MR) is 105 cm³/mol. The smallest absolute Gasteiger partial charge is 0.191 e. The highest BCUT2D eigenvalue weighted by Crippen LogP contribution is 2.10. The maximum absolute atomic E-state index is 4.61. The van der Waals surface area contributed by atoms with Crippen molar-refractivity contribution in [1.82, 2.24) is 15.6 Å². The summed E-state index contributed by atoms with van der Waals surface area (Å²) in [6.07, 6.45) is 1.90. The molecule has 1 aromatic carbocycles. The summed E-state index contributed by atoms with van der Waals surface area (Å²) in [7, 11) is 0. The van der Waals surface area contributed by atoms with Crippen LogP contribution < -0.4 is 10.6 Å². The number of halogens is 1. The van der Waals surface area contributed by atoms with Gasteiger partial charge in [-0.3, -0.25) is 0 Å². The van der Waals surface area contributed by atoms with E-state index in [0.717, 1.165) is 17.5 Å². The number of aliphatic imine (C=N–C) groups is 1. The van der Waals surface area contributed by atoms with Crippen LogP contribution in [0.3, 0.4) is 0 Å². The van der Waals surface area contributed by atoms with Crippen LogP contribution in [0, 0.1) is 13.8 Å². The zero-order chi connectivity index (χ0) is 15.1. The zero-order valence-corrected chi connectivity index (χ0v) is 16.4. The third kappa shape index (κ3) is 6.31. The Kier molecular flexibility index (Phi) is 8.40. The first-order chi connectivity index (χ1) is 10.2. The fourth-order valence-corrected chi connectivity index (χ4v) is 2.57. The van der Waals surface area contributed by atoms with Crippen LogP contribution in [0.15, 0.2) is 35.5 Å². The monoisotopic (exact) mass is 430 g/mol. The Labute approximate surface area is 153 Å². The molecule has 0 fully saturated rings. The molecule has 0 radical (unpaired) electrons. The van der Waals surface area contributed by atoms with E-state index < -0.39 is 0 Å². The Balaban J connectivity index is 0.00000242.